The van der Waals surface area contributed by atoms with Crippen LogP contribution in [-0.4, -0.2) is 63.3 Å². The third kappa shape index (κ3) is 4.51. The highest BCUT2D eigenvalue weighted by Gasteiger charge is 2.16. The largest absolute Gasteiger partial charge is 0.449 e. The number of amides is 1. The van der Waals surface area contributed by atoms with Crippen LogP contribution in [0.2, 0.25) is 0 Å². The highest BCUT2D eigenvalue weighted by Crippen LogP contribution is 2.30. The Morgan fingerprint density at radius 3 is 2.41 bits per heavy atom. The Kier molecular flexibility index (Phi) is 7.48. The molecule has 0 fully saturated rings. The summed E-state index contributed by atoms with van der Waals surface area (Å²) in [6.45, 7) is 2.93. The van der Waals surface area contributed by atoms with Gasteiger partial charge < -0.3 is 25.2 Å². The third-order valence-electron chi connectivity index (χ3n) is 3.26. The summed E-state index contributed by atoms with van der Waals surface area (Å²) in [5.74, 6) is 0. The van der Waals surface area contributed by atoms with Gasteiger partial charge in [0, 0.05) is 32.9 Å². The van der Waals surface area contributed by atoms with Gasteiger partial charge in [-0.15, -0.1) is 0 Å². The van der Waals surface area contributed by atoms with Crippen LogP contribution < -0.4 is 15.1 Å². The molecule has 0 aliphatic rings. The van der Waals surface area contributed by atoms with Gasteiger partial charge in [-0.3, -0.25) is 4.90 Å². The lowest BCUT2D eigenvalue weighted by Gasteiger charge is -2.26. The fraction of sp³-hybridized carbons (Fsp3) is 0.533. The summed E-state index contributed by atoms with van der Waals surface area (Å²) in [5.41, 5.74) is 2.31. The molecule has 7 heteroatoms. The normalized spacial score (nSPS) is 10.2. The molecular formula is C15H25N3O4. The van der Waals surface area contributed by atoms with Crippen molar-refractivity contribution in [2.75, 3.05) is 62.1 Å². The average molecular weight is 311 g/mol. The number of anilines is 3. The van der Waals surface area contributed by atoms with Gasteiger partial charge in [0.25, 0.3) is 0 Å². The zero-order valence-corrected chi connectivity index (χ0v) is 13.4. The molecule has 0 heterocycles. The highest BCUT2D eigenvalue weighted by atomic mass is 16.6. The number of hydrogen-bond acceptors (Lipinski definition) is 6. The van der Waals surface area contributed by atoms with Crippen LogP contribution >= 0.6 is 0 Å². The predicted octanol–water partition coefficient (Wildman–Crippen LogP) is 1.11. The molecule has 0 radical (unpaired) electrons. The van der Waals surface area contributed by atoms with Crippen molar-refractivity contribution in [2.24, 2.45) is 0 Å². The van der Waals surface area contributed by atoms with Crippen LogP contribution in [0.4, 0.5) is 21.9 Å². The van der Waals surface area contributed by atoms with Crippen LogP contribution in [-0.2, 0) is 4.74 Å². The van der Waals surface area contributed by atoms with Gasteiger partial charge in [-0.05, 0) is 25.1 Å². The van der Waals surface area contributed by atoms with Gasteiger partial charge in [-0.2, -0.15) is 0 Å². The molecule has 0 saturated heterocycles. The van der Waals surface area contributed by atoms with Crippen molar-refractivity contribution in [2.45, 2.75) is 6.92 Å². The molecule has 0 unspecified atom stereocenters. The second-order valence-corrected chi connectivity index (χ2v) is 4.64. The molecule has 0 spiro atoms. The van der Waals surface area contributed by atoms with Crippen molar-refractivity contribution in [3.05, 3.63) is 18.2 Å². The summed E-state index contributed by atoms with van der Waals surface area (Å²) in [5, 5.41) is 21.3. The van der Waals surface area contributed by atoms with E-state index in [2.05, 4.69) is 5.32 Å². The lowest BCUT2D eigenvalue weighted by atomic mass is 10.2. The summed E-state index contributed by atoms with van der Waals surface area (Å²) in [6, 6.07) is 5.52. The molecule has 22 heavy (non-hydrogen) atoms. The molecule has 0 aromatic heterocycles. The number of rotatable bonds is 8. The van der Waals surface area contributed by atoms with Gasteiger partial charge in [0.15, 0.2) is 0 Å². The van der Waals surface area contributed by atoms with Crippen molar-refractivity contribution < 1.29 is 19.7 Å². The smallest absolute Gasteiger partial charge is 0.414 e. The zero-order valence-electron chi connectivity index (χ0n) is 13.4. The number of nitrogens with one attached hydrogen (secondary N) is 1. The Labute approximate surface area is 131 Å². The molecular weight excluding hydrogens is 286 g/mol. The Morgan fingerprint density at radius 2 is 1.91 bits per heavy atom. The third-order valence-corrected chi connectivity index (χ3v) is 3.26. The summed E-state index contributed by atoms with van der Waals surface area (Å²) >= 11 is 0. The first kappa shape index (κ1) is 18.1. The molecule has 0 aliphatic heterocycles. The first-order valence-corrected chi connectivity index (χ1v) is 7.28. The summed E-state index contributed by atoms with van der Waals surface area (Å²) < 4.78 is 5.00. The molecule has 1 rings (SSSR count). The van der Waals surface area contributed by atoms with Crippen molar-refractivity contribution >= 4 is 23.2 Å². The number of aliphatic hydroxyl groups is 2. The van der Waals surface area contributed by atoms with Crippen LogP contribution in [0, 0.1) is 0 Å². The minimum absolute atomic E-state index is 0.000628. The topological polar surface area (TPSA) is 85.3 Å². The van der Waals surface area contributed by atoms with Gasteiger partial charge in [-0.1, -0.05) is 0 Å². The van der Waals surface area contributed by atoms with Crippen molar-refractivity contribution in [1.82, 2.24) is 0 Å². The first-order chi connectivity index (χ1) is 10.6. The van der Waals surface area contributed by atoms with Crippen LogP contribution in [0.3, 0.4) is 0 Å². The molecule has 3 N–H and O–H groups in total. The summed E-state index contributed by atoms with van der Waals surface area (Å²) in [7, 11) is 3.41. The van der Waals surface area contributed by atoms with E-state index in [1.807, 2.05) is 17.0 Å². The Morgan fingerprint density at radius 1 is 1.27 bits per heavy atom. The van der Waals surface area contributed by atoms with E-state index in [0.29, 0.717) is 25.4 Å². The van der Waals surface area contributed by atoms with E-state index < -0.39 is 6.09 Å². The number of carbonyl (C=O) groups excluding carboxylic acids is 1. The van der Waals surface area contributed by atoms with Gasteiger partial charge in [0.1, 0.15) is 0 Å². The Bertz CT molecular complexity index is 476. The quantitative estimate of drug-likeness (QED) is 0.667. The highest BCUT2D eigenvalue weighted by molar-refractivity contribution is 5.92. The maximum absolute atomic E-state index is 11.8. The summed E-state index contributed by atoms with van der Waals surface area (Å²) in [6.07, 6.45) is -0.422. The number of hydrogen-bond donors (Lipinski definition) is 3. The number of aliphatic hydroxyl groups excluding tert-OH is 2. The minimum atomic E-state index is -0.422. The standard InChI is InChI=1S/C15H25N3O4/c1-4-22-15(21)17(3)14-6-5-12(11-13(14)16-2)18(7-9-19)8-10-20/h5-6,11,16,19-20H,4,7-10H2,1-3H3. The van der Waals surface area contributed by atoms with Crippen LogP contribution in [0.1, 0.15) is 6.92 Å². The lowest BCUT2D eigenvalue weighted by Crippen LogP contribution is -2.30. The number of benzene rings is 1. The fourth-order valence-corrected chi connectivity index (χ4v) is 2.14. The van der Waals surface area contributed by atoms with E-state index in [1.54, 1.807) is 27.1 Å². The Balaban J connectivity index is 3.06. The zero-order chi connectivity index (χ0) is 16.5. The average Bonchev–Trinajstić information content (AvgIpc) is 2.53. The van der Waals surface area contributed by atoms with Crippen LogP contribution in [0.15, 0.2) is 18.2 Å². The van der Waals surface area contributed by atoms with Gasteiger partial charge in [-0.25, -0.2) is 4.79 Å². The number of carbonyl (C=O) groups is 1. The fourth-order valence-electron chi connectivity index (χ4n) is 2.14. The number of ether oxygens (including phenoxy) is 1. The summed E-state index contributed by atoms with van der Waals surface area (Å²) in [4.78, 5) is 15.1. The van der Waals surface area contributed by atoms with Gasteiger partial charge in [0.05, 0.1) is 31.2 Å². The number of nitrogens with zero attached hydrogens (tertiary/aromatic N) is 2. The van der Waals surface area contributed by atoms with Gasteiger partial charge >= 0.3 is 6.09 Å². The first-order valence-electron chi connectivity index (χ1n) is 7.28. The van der Waals surface area contributed by atoms with E-state index in [0.717, 1.165) is 11.4 Å². The van der Waals surface area contributed by atoms with E-state index in [-0.39, 0.29) is 13.2 Å². The van der Waals surface area contributed by atoms with Crippen molar-refractivity contribution in [3.8, 4) is 0 Å². The lowest BCUT2D eigenvalue weighted by molar-refractivity contribution is 0.161. The maximum Gasteiger partial charge on any atom is 0.414 e. The minimum Gasteiger partial charge on any atom is -0.449 e. The molecule has 1 amide bonds. The van der Waals surface area contributed by atoms with E-state index in [9.17, 15) is 4.79 Å². The maximum atomic E-state index is 11.8. The molecule has 1 aromatic rings. The molecule has 124 valence electrons. The molecule has 0 aliphatic carbocycles. The molecule has 0 bridgehead atoms. The molecule has 0 saturated carbocycles. The second-order valence-electron chi connectivity index (χ2n) is 4.64. The van der Waals surface area contributed by atoms with Crippen molar-refractivity contribution in [1.29, 1.82) is 0 Å². The van der Waals surface area contributed by atoms with Gasteiger partial charge in [0.2, 0.25) is 0 Å². The van der Waals surface area contributed by atoms with Crippen molar-refractivity contribution in [3.63, 3.8) is 0 Å². The van der Waals surface area contributed by atoms with Crippen LogP contribution in [0.25, 0.3) is 0 Å². The van der Waals surface area contributed by atoms with E-state index in [1.165, 1.54) is 4.90 Å². The SMILES string of the molecule is CCOC(=O)N(C)c1ccc(N(CCO)CCO)cc1NC. The molecule has 7 nitrogen and oxygen atoms in total. The predicted molar refractivity (Wildman–Crippen MR) is 87.8 cm³/mol. The second kappa shape index (κ2) is 9.11. The Hall–Kier alpha value is -1.99. The monoisotopic (exact) mass is 311 g/mol. The van der Waals surface area contributed by atoms with E-state index >= 15 is 0 Å². The van der Waals surface area contributed by atoms with E-state index in [4.69, 9.17) is 14.9 Å². The molecule has 0 atom stereocenters. The van der Waals surface area contributed by atoms with Crippen LogP contribution in [0.5, 0.6) is 0 Å². The molecule has 1 aromatic carbocycles.